The van der Waals surface area contributed by atoms with Crippen molar-refractivity contribution in [2.45, 2.75) is 19.4 Å². The highest BCUT2D eigenvalue weighted by Gasteiger charge is 2.28. The van der Waals surface area contributed by atoms with Gasteiger partial charge in [0.1, 0.15) is 17.7 Å². The molecule has 0 aliphatic carbocycles. The van der Waals surface area contributed by atoms with E-state index < -0.39 is 5.82 Å². The molecule has 3 rings (SSSR count). The molecule has 1 heterocycles. The van der Waals surface area contributed by atoms with E-state index in [0.717, 1.165) is 6.42 Å². The summed E-state index contributed by atoms with van der Waals surface area (Å²) in [4.78, 5) is 14.2. The summed E-state index contributed by atoms with van der Waals surface area (Å²) in [5, 5.41) is 2.71. The molecule has 23 heavy (non-hydrogen) atoms. The van der Waals surface area contributed by atoms with E-state index in [1.165, 1.54) is 18.2 Å². The van der Waals surface area contributed by atoms with Gasteiger partial charge in [-0.3, -0.25) is 4.90 Å². The monoisotopic (exact) mass is 334 g/mol. The number of benzene rings is 2. The fraction of sp³-hybridized carbons (Fsp3) is 0.235. The maximum atomic E-state index is 13.2. The Morgan fingerprint density at radius 1 is 1.39 bits per heavy atom. The zero-order valence-corrected chi connectivity index (χ0v) is 13.3. The first-order valence-electron chi connectivity index (χ1n) is 7.37. The van der Waals surface area contributed by atoms with Crippen LogP contribution in [0.25, 0.3) is 0 Å². The maximum absolute atomic E-state index is 13.2. The molecule has 0 spiro atoms. The molecule has 0 saturated carbocycles. The summed E-state index contributed by atoms with van der Waals surface area (Å²) in [6.45, 7) is 2.46. The molecule has 0 saturated heterocycles. The number of halogens is 2. The van der Waals surface area contributed by atoms with Crippen molar-refractivity contribution < 1.29 is 13.9 Å². The molecule has 4 nitrogen and oxygen atoms in total. The number of hydrogen-bond acceptors (Lipinski definition) is 2. The third-order valence-corrected chi connectivity index (χ3v) is 4.00. The highest BCUT2D eigenvalue weighted by Crippen LogP contribution is 2.34. The third-order valence-electron chi connectivity index (χ3n) is 3.71. The predicted molar refractivity (Wildman–Crippen MR) is 88.9 cm³/mol. The lowest BCUT2D eigenvalue weighted by Gasteiger charge is -2.34. The molecule has 1 N–H and O–H groups in total. The summed E-state index contributed by atoms with van der Waals surface area (Å²) in [6.07, 6.45) is 0.730. The lowest BCUT2D eigenvalue weighted by molar-refractivity contribution is 0.188. The van der Waals surface area contributed by atoms with Crippen molar-refractivity contribution in [3.63, 3.8) is 0 Å². The van der Waals surface area contributed by atoms with Gasteiger partial charge in [0.2, 0.25) is 0 Å². The van der Waals surface area contributed by atoms with Gasteiger partial charge in [0, 0.05) is 5.69 Å². The van der Waals surface area contributed by atoms with Crippen molar-refractivity contribution in [3.8, 4) is 5.75 Å². The van der Waals surface area contributed by atoms with Crippen molar-refractivity contribution in [2.75, 3.05) is 16.8 Å². The normalized spacial score (nSPS) is 16.5. The molecule has 2 amide bonds. The predicted octanol–water partition coefficient (Wildman–Crippen LogP) is 4.69. The molecule has 2 aromatic rings. The van der Waals surface area contributed by atoms with Crippen molar-refractivity contribution in [3.05, 3.63) is 53.3 Å². The Morgan fingerprint density at radius 3 is 2.91 bits per heavy atom. The number of fused-ring (bicyclic) bond motifs is 1. The number of nitrogens with one attached hydrogen (secondary N) is 1. The van der Waals surface area contributed by atoms with E-state index >= 15 is 0 Å². The Hall–Kier alpha value is -2.27. The van der Waals surface area contributed by atoms with Crippen LogP contribution in [0.1, 0.15) is 13.3 Å². The molecular formula is C17H16ClFN2O2. The summed E-state index contributed by atoms with van der Waals surface area (Å²) in [6, 6.07) is 11.2. The molecule has 2 aromatic carbocycles. The Morgan fingerprint density at radius 2 is 2.17 bits per heavy atom. The minimum atomic E-state index is -0.521. The van der Waals surface area contributed by atoms with E-state index in [9.17, 15) is 9.18 Å². The van der Waals surface area contributed by atoms with Crippen LogP contribution >= 0.6 is 11.6 Å². The number of ether oxygens (including phenoxy) is 1. The summed E-state index contributed by atoms with van der Waals surface area (Å²) in [5.74, 6) is 0.158. The van der Waals surface area contributed by atoms with E-state index in [1.54, 1.807) is 4.90 Å². The fourth-order valence-electron chi connectivity index (χ4n) is 2.47. The van der Waals surface area contributed by atoms with Crippen molar-refractivity contribution in [1.82, 2.24) is 0 Å². The Labute approximate surface area is 138 Å². The van der Waals surface area contributed by atoms with Gasteiger partial charge in [-0.05, 0) is 36.8 Å². The van der Waals surface area contributed by atoms with Crippen molar-refractivity contribution >= 4 is 29.0 Å². The van der Waals surface area contributed by atoms with Crippen LogP contribution in [0.15, 0.2) is 42.5 Å². The van der Waals surface area contributed by atoms with Crippen molar-refractivity contribution in [1.29, 1.82) is 0 Å². The van der Waals surface area contributed by atoms with Crippen molar-refractivity contribution in [2.24, 2.45) is 0 Å². The third kappa shape index (κ3) is 3.24. The van der Waals surface area contributed by atoms with E-state index in [2.05, 4.69) is 5.32 Å². The first kappa shape index (κ1) is 15.6. The number of amides is 2. The largest absolute Gasteiger partial charge is 0.486 e. The fourth-order valence-corrected chi connectivity index (χ4v) is 2.65. The number of para-hydroxylation sites is 2. The van der Waals surface area contributed by atoms with Gasteiger partial charge in [0.15, 0.2) is 0 Å². The lowest BCUT2D eigenvalue weighted by Crippen LogP contribution is -2.45. The molecule has 1 aliphatic heterocycles. The van der Waals surface area contributed by atoms with Gasteiger partial charge in [0.25, 0.3) is 0 Å². The molecule has 0 radical (unpaired) electrons. The average molecular weight is 335 g/mol. The van der Waals surface area contributed by atoms with Crippen LogP contribution in [0.3, 0.4) is 0 Å². The Kier molecular flexibility index (Phi) is 4.39. The quantitative estimate of drug-likeness (QED) is 0.865. The number of carbonyl (C=O) groups excluding carboxylic acids is 1. The summed E-state index contributed by atoms with van der Waals surface area (Å²) in [7, 11) is 0. The van der Waals surface area contributed by atoms with Gasteiger partial charge < -0.3 is 10.1 Å². The minimum Gasteiger partial charge on any atom is -0.486 e. The molecule has 0 fully saturated rings. The Bertz CT molecular complexity index is 738. The second-order valence-electron chi connectivity index (χ2n) is 5.29. The van der Waals surface area contributed by atoms with Crippen LogP contribution in [-0.2, 0) is 0 Å². The SMILES string of the molecule is CCC1CN(C(=O)Nc2ccc(F)c(Cl)c2)c2ccccc2O1. The molecule has 0 aromatic heterocycles. The van der Waals surface area contributed by atoms with Gasteiger partial charge in [-0.25, -0.2) is 9.18 Å². The number of nitrogens with zero attached hydrogens (tertiary/aromatic N) is 1. The molecular weight excluding hydrogens is 319 g/mol. The minimum absolute atomic E-state index is 0.0309. The van der Waals surface area contributed by atoms with Crippen LogP contribution < -0.4 is 15.0 Å². The van der Waals surface area contributed by atoms with E-state index in [4.69, 9.17) is 16.3 Å². The van der Waals surface area contributed by atoms with E-state index in [-0.39, 0.29) is 17.2 Å². The number of urea groups is 1. The van der Waals surface area contributed by atoms with Crippen LogP contribution in [0.2, 0.25) is 5.02 Å². The molecule has 0 bridgehead atoms. The van der Waals surface area contributed by atoms with E-state index in [0.29, 0.717) is 23.7 Å². The topological polar surface area (TPSA) is 41.6 Å². The zero-order valence-electron chi connectivity index (χ0n) is 12.6. The number of hydrogen-bond donors (Lipinski definition) is 1. The first-order valence-corrected chi connectivity index (χ1v) is 7.75. The number of anilines is 2. The van der Waals surface area contributed by atoms with Gasteiger partial charge in [-0.2, -0.15) is 0 Å². The lowest BCUT2D eigenvalue weighted by atomic mass is 10.1. The molecule has 120 valence electrons. The maximum Gasteiger partial charge on any atom is 0.326 e. The van der Waals surface area contributed by atoms with Gasteiger partial charge in [0.05, 0.1) is 17.3 Å². The second-order valence-corrected chi connectivity index (χ2v) is 5.69. The summed E-state index contributed by atoms with van der Waals surface area (Å²) in [5.41, 5.74) is 1.15. The zero-order chi connectivity index (χ0) is 16.4. The molecule has 1 unspecified atom stereocenters. The number of carbonyl (C=O) groups is 1. The highest BCUT2D eigenvalue weighted by molar-refractivity contribution is 6.31. The second kappa shape index (κ2) is 6.46. The van der Waals surface area contributed by atoms with Gasteiger partial charge in [-0.15, -0.1) is 0 Å². The summed E-state index contributed by atoms with van der Waals surface area (Å²) < 4.78 is 19.1. The number of rotatable bonds is 2. The molecule has 6 heteroatoms. The molecule has 1 atom stereocenters. The van der Waals surface area contributed by atoms with Crippen LogP contribution in [0.5, 0.6) is 5.75 Å². The Balaban J connectivity index is 1.84. The van der Waals surface area contributed by atoms with Gasteiger partial charge in [-0.1, -0.05) is 30.7 Å². The van der Waals surface area contributed by atoms with E-state index in [1.807, 2.05) is 31.2 Å². The van der Waals surface area contributed by atoms with Gasteiger partial charge >= 0.3 is 6.03 Å². The average Bonchev–Trinajstić information content (AvgIpc) is 2.57. The van der Waals surface area contributed by atoms with Crippen LogP contribution in [0.4, 0.5) is 20.6 Å². The van der Waals surface area contributed by atoms with Crippen LogP contribution in [0, 0.1) is 5.82 Å². The standard InChI is InChI=1S/C17H16ClFN2O2/c1-2-12-10-21(15-5-3-4-6-16(15)23-12)17(22)20-11-7-8-14(19)13(18)9-11/h3-9,12H,2,10H2,1H3,(H,20,22). The first-order chi connectivity index (χ1) is 11.1. The van der Waals surface area contributed by atoms with Crippen LogP contribution in [-0.4, -0.2) is 18.7 Å². The summed E-state index contributed by atoms with van der Waals surface area (Å²) >= 11 is 5.75. The molecule has 1 aliphatic rings. The smallest absolute Gasteiger partial charge is 0.326 e. The highest BCUT2D eigenvalue weighted by atomic mass is 35.5.